The second kappa shape index (κ2) is 7.02. The van der Waals surface area contributed by atoms with Crippen LogP contribution >= 0.6 is 7.75 Å². The van der Waals surface area contributed by atoms with Crippen molar-refractivity contribution >= 4 is 13.4 Å². The van der Waals surface area contributed by atoms with Gasteiger partial charge in [0.1, 0.15) is 11.5 Å². The molecule has 0 aliphatic heterocycles. The molecule has 0 spiro atoms. The topological polar surface area (TPSA) is 130 Å². The summed E-state index contributed by atoms with van der Waals surface area (Å²) < 4.78 is 11.1. The third-order valence-electron chi connectivity index (χ3n) is 3.30. The van der Waals surface area contributed by atoms with E-state index < -0.39 is 13.9 Å². The highest BCUT2D eigenvalue weighted by Crippen LogP contribution is 2.39. The van der Waals surface area contributed by atoms with E-state index in [0.29, 0.717) is 6.42 Å². The number of anilines is 1. The molecule has 2 rings (SSSR count). The van der Waals surface area contributed by atoms with Gasteiger partial charge in [0.2, 0.25) is 0 Å². The number of nitrogens with one attached hydrogen (secondary N) is 1. The average molecular weight is 339 g/mol. The Hall–Kier alpha value is -2.05. The van der Waals surface area contributed by atoms with Gasteiger partial charge in [-0.05, 0) is 48.7 Å². The number of phenols is 2. The molecule has 8 heteroatoms. The predicted octanol–water partition coefficient (Wildman–Crippen LogP) is 2.27. The summed E-state index contributed by atoms with van der Waals surface area (Å²) in [5, 5.41) is 31.1. The van der Waals surface area contributed by atoms with Crippen molar-refractivity contribution in [3.8, 4) is 11.5 Å². The first-order valence-corrected chi connectivity index (χ1v) is 8.48. The second-order valence-corrected chi connectivity index (χ2v) is 6.46. The zero-order valence-electron chi connectivity index (χ0n) is 12.1. The summed E-state index contributed by atoms with van der Waals surface area (Å²) in [6.07, 6.45) is -0.249. The van der Waals surface area contributed by atoms with Gasteiger partial charge in [-0.15, -0.1) is 0 Å². The van der Waals surface area contributed by atoms with Gasteiger partial charge in [-0.1, -0.05) is 12.1 Å². The Labute approximate surface area is 133 Å². The van der Waals surface area contributed by atoms with Crippen LogP contribution in [0, 0.1) is 0 Å². The van der Waals surface area contributed by atoms with Crippen LogP contribution < -0.4 is 5.09 Å². The summed E-state index contributed by atoms with van der Waals surface area (Å²) >= 11 is 0. The Balaban J connectivity index is 2.14. The van der Waals surface area contributed by atoms with Crippen molar-refractivity contribution in [1.29, 1.82) is 0 Å². The van der Waals surface area contributed by atoms with Gasteiger partial charge >= 0.3 is 7.75 Å². The lowest BCUT2D eigenvalue weighted by atomic mass is 10.00. The van der Waals surface area contributed by atoms with Crippen molar-refractivity contribution in [1.82, 2.24) is 0 Å². The highest BCUT2D eigenvalue weighted by molar-refractivity contribution is 7.53. The molecular formula is C15H18NO6P. The molecule has 2 aromatic rings. The van der Waals surface area contributed by atoms with Crippen LogP contribution in [-0.2, 0) is 11.0 Å². The summed E-state index contributed by atoms with van der Waals surface area (Å²) in [6.45, 7) is 0. The Kier molecular flexibility index (Phi) is 5.28. The molecule has 0 amide bonds. The molecule has 2 aromatic carbocycles. The third-order valence-corrected chi connectivity index (χ3v) is 3.84. The van der Waals surface area contributed by atoms with E-state index in [4.69, 9.17) is 9.79 Å². The van der Waals surface area contributed by atoms with Crippen molar-refractivity contribution in [3.63, 3.8) is 0 Å². The van der Waals surface area contributed by atoms with Crippen molar-refractivity contribution in [2.24, 2.45) is 0 Å². The van der Waals surface area contributed by atoms with Crippen LogP contribution in [0.5, 0.6) is 11.5 Å². The van der Waals surface area contributed by atoms with Gasteiger partial charge in [0.05, 0.1) is 6.10 Å². The first-order valence-electron chi connectivity index (χ1n) is 6.87. The first-order chi connectivity index (χ1) is 10.7. The largest absolute Gasteiger partial charge is 0.508 e. The summed E-state index contributed by atoms with van der Waals surface area (Å²) in [6, 6.07) is 10.4. The molecular weight excluding hydrogens is 321 g/mol. The fourth-order valence-corrected chi connectivity index (χ4v) is 2.72. The molecule has 0 fully saturated rings. The van der Waals surface area contributed by atoms with Crippen molar-refractivity contribution < 1.29 is 29.7 Å². The zero-order valence-corrected chi connectivity index (χ0v) is 13.0. The maximum atomic E-state index is 11.1. The van der Waals surface area contributed by atoms with Crippen LogP contribution in [-0.4, -0.2) is 25.1 Å². The molecule has 7 nitrogen and oxygen atoms in total. The second-order valence-electron chi connectivity index (χ2n) is 5.15. The average Bonchev–Trinajstić information content (AvgIpc) is 2.47. The number of rotatable bonds is 6. The number of hydrogen-bond acceptors (Lipinski definition) is 4. The standard InChI is InChI=1S/C15H18NO6P/c17-11-4-1-10(2-5-11)3-8-15(19)13-9-12(18)6-7-14(13)16-23(20,21)22/h1-2,4-7,9,15,17-19H,3,8H2,(H3,16,20,21,22). The van der Waals surface area contributed by atoms with E-state index in [2.05, 4.69) is 0 Å². The Bertz CT molecular complexity index is 712. The predicted molar refractivity (Wildman–Crippen MR) is 85.2 cm³/mol. The molecule has 124 valence electrons. The van der Waals surface area contributed by atoms with E-state index in [1.165, 1.54) is 30.3 Å². The first kappa shape index (κ1) is 17.3. The molecule has 1 unspecified atom stereocenters. The molecule has 0 radical (unpaired) electrons. The van der Waals surface area contributed by atoms with Gasteiger partial charge in [0.15, 0.2) is 0 Å². The summed E-state index contributed by atoms with van der Waals surface area (Å²) in [5.74, 6) is 0.0374. The molecule has 6 N–H and O–H groups in total. The van der Waals surface area contributed by atoms with Crippen LogP contribution in [0.3, 0.4) is 0 Å². The molecule has 23 heavy (non-hydrogen) atoms. The minimum atomic E-state index is -4.52. The highest BCUT2D eigenvalue weighted by Gasteiger charge is 2.19. The lowest BCUT2D eigenvalue weighted by Gasteiger charge is -2.18. The third kappa shape index (κ3) is 5.26. The number of hydrogen-bond donors (Lipinski definition) is 6. The van der Waals surface area contributed by atoms with E-state index in [-0.39, 0.29) is 29.2 Å². The fourth-order valence-electron chi connectivity index (χ4n) is 2.21. The minimum absolute atomic E-state index is 0.0642. The van der Waals surface area contributed by atoms with Gasteiger partial charge in [-0.25, -0.2) is 4.57 Å². The van der Waals surface area contributed by atoms with Crippen LogP contribution in [0.25, 0.3) is 0 Å². The van der Waals surface area contributed by atoms with Crippen molar-refractivity contribution in [2.45, 2.75) is 18.9 Å². The van der Waals surface area contributed by atoms with Gasteiger partial charge in [0, 0.05) is 11.3 Å². The SMILES string of the molecule is O=P(O)(O)Nc1ccc(O)cc1C(O)CCc1ccc(O)cc1. The number of phenolic OH excluding ortho intramolecular Hbond substituents is 2. The lowest BCUT2D eigenvalue weighted by molar-refractivity contribution is 0.168. The van der Waals surface area contributed by atoms with E-state index in [1.807, 2.05) is 5.09 Å². The quantitative estimate of drug-likeness (QED) is 0.352. The molecule has 0 heterocycles. The van der Waals surface area contributed by atoms with Crippen LogP contribution in [0.15, 0.2) is 42.5 Å². The van der Waals surface area contributed by atoms with Crippen LogP contribution in [0.4, 0.5) is 5.69 Å². The Morgan fingerprint density at radius 2 is 1.61 bits per heavy atom. The van der Waals surface area contributed by atoms with Gasteiger partial charge in [0.25, 0.3) is 0 Å². The maximum absolute atomic E-state index is 11.1. The molecule has 1 atom stereocenters. The van der Waals surface area contributed by atoms with Crippen LogP contribution in [0.2, 0.25) is 0 Å². The number of benzene rings is 2. The maximum Gasteiger partial charge on any atom is 0.427 e. The van der Waals surface area contributed by atoms with E-state index >= 15 is 0 Å². The number of aromatic hydroxyl groups is 2. The Morgan fingerprint density at radius 3 is 2.22 bits per heavy atom. The summed E-state index contributed by atoms with van der Waals surface area (Å²) in [5.41, 5.74) is 1.16. The van der Waals surface area contributed by atoms with Gasteiger partial charge in [-0.2, -0.15) is 0 Å². The normalized spacial score (nSPS) is 12.8. The van der Waals surface area contributed by atoms with Crippen molar-refractivity contribution in [2.75, 3.05) is 5.09 Å². The molecule has 0 saturated carbocycles. The fraction of sp³-hybridized carbons (Fsp3) is 0.200. The monoisotopic (exact) mass is 339 g/mol. The summed E-state index contributed by atoms with van der Waals surface area (Å²) in [7, 11) is -4.52. The Morgan fingerprint density at radius 1 is 1.00 bits per heavy atom. The zero-order chi connectivity index (χ0) is 17.0. The minimum Gasteiger partial charge on any atom is -0.508 e. The van der Waals surface area contributed by atoms with Crippen LogP contribution in [0.1, 0.15) is 23.7 Å². The highest BCUT2D eigenvalue weighted by atomic mass is 31.2. The van der Waals surface area contributed by atoms with Crippen molar-refractivity contribution in [3.05, 3.63) is 53.6 Å². The number of aryl methyl sites for hydroxylation is 1. The van der Waals surface area contributed by atoms with Gasteiger partial charge in [-0.3, -0.25) is 5.09 Å². The van der Waals surface area contributed by atoms with Gasteiger partial charge < -0.3 is 25.1 Å². The number of aliphatic hydroxyl groups excluding tert-OH is 1. The van der Waals surface area contributed by atoms with E-state index in [0.717, 1.165) is 5.56 Å². The molecule has 0 aliphatic carbocycles. The van der Waals surface area contributed by atoms with E-state index in [1.54, 1.807) is 12.1 Å². The molecule has 0 aliphatic rings. The number of aliphatic hydroxyl groups is 1. The molecule has 0 aromatic heterocycles. The lowest BCUT2D eigenvalue weighted by Crippen LogP contribution is -2.05. The summed E-state index contributed by atoms with van der Waals surface area (Å²) in [4.78, 5) is 18.0. The smallest absolute Gasteiger partial charge is 0.427 e. The van der Waals surface area contributed by atoms with E-state index in [9.17, 15) is 19.9 Å². The molecule has 0 saturated heterocycles. The molecule has 0 bridgehead atoms.